The van der Waals surface area contributed by atoms with Gasteiger partial charge >= 0.3 is 0 Å². The SMILES string of the molecule is c1csc(-c2nc3ncc4c(n3n2)CCCCC4)c1. The van der Waals surface area contributed by atoms with Crippen molar-refractivity contribution in [3.63, 3.8) is 0 Å². The van der Waals surface area contributed by atoms with Crippen LogP contribution in [-0.4, -0.2) is 19.6 Å². The lowest BCUT2D eigenvalue weighted by molar-refractivity contribution is 0.702. The molecule has 1 aliphatic rings. The van der Waals surface area contributed by atoms with Crippen LogP contribution >= 0.6 is 11.3 Å². The number of aromatic nitrogens is 4. The molecule has 3 heterocycles. The van der Waals surface area contributed by atoms with E-state index in [2.05, 4.69) is 26.5 Å². The molecule has 0 N–H and O–H groups in total. The van der Waals surface area contributed by atoms with Crippen molar-refractivity contribution in [2.24, 2.45) is 0 Å². The van der Waals surface area contributed by atoms with Gasteiger partial charge < -0.3 is 0 Å². The Morgan fingerprint density at radius 3 is 3.00 bits per heavy atom. The van der Waals surface area contributed by atoms with E-state index in [0.717, 1.165) is 29.3 Å². The van der Waals surface area contributed by atoms with E-state index in [9.17, 15) is 0 Å². The highest BCUT2D eigenvalue weighted by molar-refractivity contribution is 7.13. The molecule has 0 saturated heterocycles. The zero-order chi connectivity index (χ0) is 12.7. The Morgan fingerprint density at radius 2 is 2.11 bits per heavy atom. The molecule has 5 heteroatoms. The maximum Gasteiger partial charge on any atom is 0.252 e. The van der Waals surface area contributed by atoms with E-state index < -0.39 is 0 Å². The minimum absolute atomic E-state index is 0.726. The monoisotopic (exact) mass is 270 g/mol. The van der Waals surface area contributed by atoms with Crippen LogP contribution in [0.2, 0.25) is 0 Å². The number of fused-ring (bicyclic) bond motifs is 3. The molecule has 1 aliphatic carbocycles. The van der Waals surface area contributed by atoms with Gasteiger partial charge in [0.25, 0.3) is 5.78 Å². The summed E-state index contributed by atoms with van der Waals surface area (Å²) in [4.78, 5) is 10.1. The van der Waals surface area contributed by atoms with Gasteiger partial charge in [-0.2, -0.15) is 4.98 Å². The second kappa shape index (κ2) is 4.42. The maximum atomic E-state index is 4.66. The fourth-order valence-corrected chi connectivity index (χ4v) is 3.34. The first kappa shape index (κ1) is 11.1. The molecule has 0 aromatic carbocycles. The van der Waals surface area contributed by atoms with E-state index in [0.29, 0.717) is 0 Å². The fourth-order valence-electron chi connectivity index (χ4n) is 2.68. The first-order valence-electron chi connectivity index (χ1n) is 6.69. The average Bonchev–Trinajstić information content (AvgIpc) is 3.03. The van der Waals surface area contributed by atoms with Crippen LogP contribution in [0.1, 0.15) is 30.5 Å². The van der Waals surface area contributed by atoms with Gasteiger partial charge in [0.15, 0.2) is 5.82 Å². The Kier molecular flexibility index (Phi) is 2.58. The molecule has 0 unspecified atom stereocenters. The first-order chi connectivity index (χ1) is 9.42. The van der Waals surface area contributed by atoms with E-state index in [-0.39, 0.29) is 0 Å². The highest BCUT2D eigenvalue weighted by Crippen LogP contribution is 2.24. The van der Waals surface area contributed by atoms with Crippen LogP contribution < -0.4 is 0 Å². The van der Waals surface area contributed by atoms with Crippen LogP contribution in [0.5, 0.6) is 0 Å². The summed E-state index contributed by atoms with van der Waals surface area (Å²) in [6, 6.07) is 4.08. The van der Waals surface area contributed by atoms with Crippen LogP contribution in [-0.2, 0) is 12.8 Å². The molecule has 0 amide bonds. The van der Waals surface area contributed by atoms with Gasteiger partial charge in [-0.1, -0.05) is 12.5 Å². The lowest BCUT2D eigenvalue weighted by Crippen LogP contribution is -2.04. The van der Waals surface area contributed by atoms with Crippen LogP contribution in [0.25, 0.3) is 16.5 Å². The zero-order valence-corrected chi connectivity index (χ0v) is 11.4. The van der Waals surface area contributed by atoms with E-state index >= 15 is 0 Å². The molecule has 3 aromatic rings. The van der Waals surface area contributed by atoms with Crippen molar-refractivity contribution < 1.29 is 0 Å². The van der Waals surface area contributed by atoms with E-state index in [1.807, 2.05) is 16.8 Å². The summed E-state index contributed by atoms with van der Waals surface area (Å²) in [7, 11) is 0. The highest BCUT2D eigenvalue weighted by Gasteiger charge is 2.16. The van der Waals surface area contributed by atoms with Crippen LogP contribution in [0.3, 0.4) is 0 Å². The Balaban J connectivity index is 1.91. The Labute approximate surface area is 115 Å². The molecule has 0 atom stereocenters. The van der Waals surface area contributed by atoms with Crippen LogP contribution in [0.4, 0.5) is 0 Å². The largest absolute Gasteiger partial charge is 0.252 e. The molecule has 0 spiro atoms. The number of hydrogen-bond donors (Lipinski definition) is 0. The van der Waals surface area contributed by atoms with Gasteiger partial charge in [0.2, 0.25) is 0 Å². The topological polar surface area (TPSA) is 43.1 Å². The summed E-state index contributed by atoms with van der Waals surface area (Å²) >= 11 is 1.67. The summed E-state index contributed by atoms with van der Waals surface area (Å²) in [6.07, 6.45) is 7.98. The summed E-state index contributed by atoms with van der Waals surface area (Å²) < 4.78 is 1.95. The van der Waals surface area contributed by atoms with E-state index in [1.54, 1.807) is 11.3 Å². The fraction of sp³-hybridized carbons (Fsp3) is 0.357. The van der Waals surface area contributed by atoms with Gasteiger partial charge in [-0.3, -0.25) is 0 Å². The molecule has 0 aliphatic heterocycles. The predicted octanol–water partition coefficient (Wildman–Crippen LogP) is 3.12. The molecule has 0 radical (unpaired) electrons. The number of nitrogens with zero attached hydrogens (tertiary/aromatic N) is 4. The Bertz CT molecular complexity index is 714. The third-order valence-electron chi connectivity index (χ3n) is 3.65. The third kappa shape index (κ3) is 1.85. The second-order valence-electron chi connectivity index (χ2n) is 4.92. The molecule has 4 nitrogen and oxygen atoms in total. The van der Waals surface area contributed by atoms with Crippen molar-refractivity contribution in [3.8, 4) is 10.7 Å². The summed E-state index contributed by atoms with van der Waals surface area (Å²) in [5.74, 6) is 1.52. The molecular weight excluding hydrogens is 256 g/mol. The van der Waals surface area contributed by atoms with Gasteiger partial charge in [0, 0.05) is 6.20 Å². The van der Waals surface area contributed by atoms with Crippen molar-refractivity contribution in [2.45, 2.75) is 32.1 Å². The highest BCUT2D eigenvalue weighted by atomic mass is 32.1. The molecule has 0 saturated carbocycles. The lowest BCUT2D eigenvalue weighted by Gasteiger charge is -2.05. The minimum atomic E-state index is 0.726. The number of hydrogen-bond acceptors (Lipinski definition) is 4. The van der Waals surface area contributed by atoms with Crippen molar-refractivity contribution in [2.75, 3.05) is 0 Å². The Morgan fingerprint density at radius 1 is 1.16 bits per heavy atom. The summed E-state index contributed by atoms with van der Waals surface area (Å²) in [6.45, 7) is 0. The van der Waals surface area contributed by atoms with Gasteiger partial charge in [-0.05, 0) is 42.7 Å². The second-order valence-corrected chi connectivity index (χ2v) is 5.86. The quantitative estimate of drug-likeness (QED) is 0.638. The molecule has 19 heavy (non-hydrogen) atoms. The van der Waals surface area contributed by atoms with Crippen LogP contribution in [0.15, 0.2) is 23.7 Å². The van der Waals surface area contributed by atoms with Gasteiger partial charge in [-0.15, -0.1) is 16.4 Å². The molecular formula is C14H14N4S. The summed E-state index contributed by atoms with van der Waals surface area (Å²) in [5.41, 5.74) is 2.64. The van der Waals surface area contributed by atoms with Gasteiger partial charge in [-0.25, -0.2) is 9.50 Å². The van der Waals surface area contributed by atoms with E-state index in [4.69, 9.17) is 0 Å². The standard InChI is InChI=1S/C14H14N4S/c1-2-5-10-9-15-14-16-13(12-7-4-8-19-12)17-18(14)11(10)6-3-1/h4,7-9H,1-3,5-6H2. The number of aryl methyl sites for hydroxylation is 2. The van der Waals surface area contributed by atoms with Gasteiger partial charge in [0.1, 0.15) is 0 Å². The molecule has 0 fully saturated rings. The normalized spacial score (nSPS) is 15.4. The smallest absolute Gasteiger partial charge is 0.219 e. The Hall–Kier alpha value is -1.75. The number of thiophene rings is 1. The van der Waals surface area contributed by atoms with Crippen molar-refractivity contribution in [3.05, 3.63) is 35.0 Å². The lowest BCUT2D eigenvalue weighted by atomic mass is 10.1. The molecule has 0 bridgehead atoms. The van der Waals surface area contributed by atoms with Crippen LogP contribution in [0, 0.1) is 0 Å². The summed E-state index contributed by atoms with van der Waals surface area (Å²) in [5, 5.41) is 6.71. The predicted molar refractivity (Wildman–Crippen MR) is 75.4 cm³/mol. The number of rotatable bonds is 1. The molecule has 4 rings (SSSR count). The maximum absolute atomic E-state index is 4.66. The third-order valence-corrected chi connectivity index (χ3v) is 4.52. The zero-order valence-electron chi connectivity index (χ0n) is 10.5. The van der Waals surface area contributed by atoms with Gasteiger partial charge in [0.05, 0.1) is 10.6 Å². The van der Waals surface area contributed by atoms with Crippen molar-refractivity contribution in [1.29, 1.82) is 0 Å². The molecule has 96 valence electrons. The van der Waals surface area contributed by atoms with Crippen molar-refractivity contribution in [1.82, 2.24) is 19.6 Å². The minimum Gasteiger partial charge on any atom is -0.219 e. The van der Waals surface area contributed by atoms with E-state index in [1.165, 1.54) is 30.5 Å². The molecule has 3 aromatic heterocycles. The average molecular weight is 270 g/mol. The first-order valence-corrected chi connectivity index (χ1v) is 7.57. The van der Waals surface area contributed by atoms with Crippen molar-refractivity contribution >= 4 is 17.1 Å².